The molecule has 2 N–H and O–H groups in total. The molecule has 0 radical (unpaired) electrons. The van der Waals surface area contributed by atoms with Gasteiger partial charge in [0, 0.05) is 10.6 Å². The Morgan fingerprint density at radius 2 is 1.39 bits per heavy atom. The minimum atomic E-state index is -0.706. The number of carbonyl (C=O) groups is 2. The van der Waals surface area contributed by atoms with Gasteiger partial charge in [-0.05, 0) is 55.5 Å². The van der Waals surface area contributed by atoms with E-state index >= 15 is 0 Å². The molecule has 6 heteroatoms. The van der Waals surface area contributed by atoms with Crippen molar-refractivity contribution >= 4 is 34.8 Å². The molecular weight excluding hydrogens is 376 g/mol. The first-order chi connectivity index (χ1) is 13.5. The van der Waals surface area contributed by atoms with Crippen LogP contribution in [0.15, 0.2) is 78.9 Å². The van der Waals surface area contributed by atoms with Crippen molar-refractivity contribution in [3.8, 4) is 5.75 Å². The fourth-order valence-corrected chi connectivity index (χ4v) is 2.61. The predicted octanol–water partition coefficient (Wildman–Crippen LogP) is 5.00. The monoisotopic (exact) mass is 394 g/mol. The molecule has 5 nitrogen and oxygen atoms in total. The zero-order valence-corrected chi connectivity index (χ0v) is 15.9. The van der Waals surface area contributed by atoms with E-state index in [2.05, 4.69) is 10.6 Å². The third kappa shape index (κ3) is 5.11. The maximum Gasteiger partial charge on any atom is 0.265 e. The lowest BCUT2D eigenvalue weighted by atomic mass is 10.2. The number of hydrogen-bond donors (Lipinski definition) is 2. The summed E-state index contributed by atoms with van der Waals surface area (Å²) in [5.74, 6) is -0.0153. The second-order valence-corrected chi connectivity index (χ2v) is 6.51. The summed E-state index contributed by atoms with van der Waals surface area (Å²) in [5.41, 5.74) is 1.44. The fourth-order valence-electron chi connectivity index (χ4n) is 2.49. The minimum absolute atomic E-state index is 0.299. The minimum Gasteiger partial charge on any atom is -0.481 e. The van der Waals surface area contributed by atoms with Gasteiger partial charge in [-0.1, -0.05) is 41.9 Å². The first kappa shape index (κ1) is 19.5. The van der Waals surface area contributed by atoms with Crippen LogP contribution >= 0.6 is 11.6 Å². The van der Waals surface area contributed by atoms with Crippen molar-refractivity contribution in [1.82, 2.24) is 0 Å². The molecule has 0 fully saturated rings. The van der Waals surface area contributed by atoms with Gasteiger partial charge in [0.25, 0.3) is 11.8 Å². The number of carbonyl (C=O) groups excluding carboxylic acids is 2. The fraction of sp³-hybridized carbons (Fsp3) is 0.0909. The maximum atomic E-state index is 12.5. The van der Waals surface area contributed by atoms with Gasteiger partial charge in [-0.3, -0.25) is 9.59 Å². The predicted molar refractivity (Wildman–Crippen MR) is 111 cm³/mol. The summed E-state index contributed by atoms with van der Waals surface area (Å²) in [7, 11) is 0. The van der Waals surface area contributed by atoms with E-state index in [1.165, 1.54) is 0 Å². The third-order valence-electron chi connectivity index (χ3n) is 3.96. The van der Waals surface area contributed by atoms with E-state index < -0.39 is 6.10 Å². The Kier molecular flexibility index (Phi) is 6.29. The first-order valence-corrected chi connectivity index (χ1v) is 9.09. The lowest BCUT2D eigenvalue weighted by Crippen LogP contribution is -2.30. The highest BCUT2D eigenvalue weighted by Crippen LogP contribution is 2.23. The van der Waals surface area contributed by atoms with Crippen molar-refractivity contribution in [2.45, 2.75) is 13.0 Å². The quantitative estimate of drug-likeness (QED) is 0.618. The van der Waals surface area contributed by atoms with Crippen molar-refractivity contribution < 1.29 is 14.3 Å². The number of rotatable bonds is 6. The zero-order chi connectivity index (χ0) is 19.9. The molecule has 0 saturated heterocycles. The van der Waals surface area contributed by atoms with E-state index in [0.29, 0.717) is 27.7 Å². The highest BCUT2D eigenvalue weighted by Gasteiger charge is 2.17. The molecule has 1 atom stereocenters. The Morgan fingerprint density at radius 1 is 0.821 bits per heavy atom. The highest BCUT2D eigenvalue weighted by atomic mass is 35.5. The Morgan fingerprint density at radius 3 is 2.04 bits per heavy atom. The number of amides is 2. The van der Waals surface area contributed by atoms with Crippen LogP contribution in [0.25, 0.3) is 0 Å². The number of anilines is 2. The lowest BCUT2D eigenvalue weighted by molar-refractivity contribution is -0.122. The van der Waals surface area contributed by atoms with Crippen molar-refractivity contribution in [3.05, 3.63) is 89.4 Å². The summed E-state index contributed by atoms with van der Waals surface area (Å²) < 4.78 is 5.64. The molecule has 0 spiro atoms. The van der Waals surface area contributed by atoms with Crippen LogP contribution < -0.4 is 15.4 Å². The average molecular weight is 395 g/mol. The number of halogens is 1. The van der Waals surface area contributed by atoms with E-state index in [9.17, 15) is 9.59 Å². The van der Waals surface area contributed by atoms with Crippen molar-refractivity contribution in [2.75, 3.05) is 10.6 Å². The SMILES string of the molecule is CC(Oc1ccccc1)C(=O)Nc1ccccc1NC(=O)c1ccc(Cl)cc1. The molecule has 142 valence electrons. The Balaban J connectivity index is 1.68. The summed E-state index contributed by atoms with van der Waals surface area (Å²) in [4.78, 5) is 24.9. The summed E-state index contributed by atoms with van der Waals surface area (Å²) in [6.07, 6.45) is -0.706. The molecule has 0 aliphatic rings. The molecule has 28 heavy (non-hydrogen) atoms. The zero-order valence-electron chi connectivity index (χ0n) is 15.2. The molecule has 0 aliphatic heterocycles. The van der Waals surface area contributed by atoms with Crippen molar-refractivity contribution in [2.24, 2.45) is 0 Å². The largest absolute Gasteiger partial charge is 0.481 e. The van der Waals surface area contributed by atoms with Gasteiger partial charge in [0.1, 0.15) is 5.75 Å². The number of hydrogen-bond acceptors (Lipinski definition) is 3. The number of benzene rings is 3. The molecule has 2 amide bonds. The van der Waals surface area contributed by atoms with Gasteiger partial charge in [0.05, 0.1) is 11.4 Å². The summed E-state index contributed by atoms with van der Waals surface area (Å²) in [5, 5.41) is 6.15. The third-order valence-corrected chi connectivity index (χ3v) is 4.22. The summed E-state index contributed by atoms with van der Waals surface area (Å²) >= 11 is 5.86. The van der Waals surface area contributed by atoms with E-state index in [4.69, 9.17) is 16.3 Å². The van der Waals surface area contributed by atoms with Crippen molar-refractivity contribution in [1.29, 1.82) is 0 Å². The second kappa shape index (κ2) is 9.06. The average Bonchev–Trinajstić information content (AvgIpc) is 2.70. The van der Waals surface area contributed by atoms with E-state index in [0.717, 1.165) is 0 Å². The number of para-hydroxylation sites is 3. The standard InChI is InChI=1S/C22H19ClN2O3/c1-15(28-18-7-3-2-4-8-18)21(26)24-19-9-5-6-10-20(19)25-22(27)16-11-13-17(23)14-12-16/h2-15H,1H3,(H,24,26)(H,25,27). The van der Waals surface area contributed by atoms with Crippen LogP contribution in [0.2, 0.25) is 5.02 Å². The van der Waals surface area contributed by atoms with E-state index in [1.54, 1.807) is 67.6 Å². The second-order valence-electron chi connectivity index (χ2n) is 6.07. The van der Waals surface area contributed by atoms with Crippen molar-refractivity contribution in [3.63, 3.8) is 0 Å². The lowest BCUT2D eigenvalue weighted by Gasteiger charge is -2.17. The molecule has 0 heterocycles. The number of nitrogens with one attached hydrogen (secondary N) is 2. The topological polar surface area (TPSA) is 67.4 Å². The van der Waals surface area contributed by atoms with Gasteiger partial charge < -0.3 is 15.4 Å². The van der Waals surface area contributed by atoms with Gasteiger partial charge in [0.15, 0.2) is 6.10 Å². The van der Waals surface area contributed by atoms with Crippen LogP contribution in [-0.4, -0.2) is 17.9 Å². The highest BCUT2D eigenvalue weighted by molar-refractivity contribution is 6.30. The molecule has 0 saturated carbocycles. The van der Waals surface area contributed by atoms with Gasteiger partial charge >= 0.3 is 0 Å². The summed E-state index contributed by atoms with van der Waals surface area (Å²) in [6.45, 7) is 1.66. The molecular formula is C22H19ClN2O3. The van der Waals surface area contributed by atoms with E-state index in [-0.39, 0.29) is 11.8 Å². The maximum absolute atomic E-state index is 12.5. The van der Waals surface area contributed by atoms with Crippen LogP contribution in [0.1, 0.15) is 17.3 Å². The van der Waals surface area contributed by atoms with Crippen LogP contribution in [-0.2, 0) is 4.79 Å². The Hall–Kier alpha value is -3.31. The van der Waals surface area contributed by atoms with Gasteiger partial charge in [-0.15, -0.1) is 0 Å². The Labute approximate surface area is 168 Å². The van der Waals surface area contributed by atoms with Gasteiger partial charge in [-0.25, -0.2) is 0 Å². The molecule has 3 aromatic rings. The Bertz CT molecular complexity index is 959. The van der Waals surface area contributed by atoms with Gasteiger partial charge in [-0.2, -0.15) is 0 Å². The first-order valence-electron chi connectivity index (χ1n) is 8.71. The van der Waals surface area contributed by atoms with Crippen LogP contribution in [0.4, 0.5) is 11.4 Å². The molecule has 1 unspecified atom stereocenters. The normalized spacial score (nSPS) is 11.4. The molecule has 0 aliphatic carbocycles. The molecule has 3 aromatic carbocycles. The van der Waals surface area contributed by atoms with Crippen LogP contribution in [0, 0.1) is 0 Å². The smallest absolute Gasteiger partial charge is 0.265 e. The van der Waals surface area contributed by atoms with Crippen LogP contribution in [0.5, 0.6) is 5.75 Å². The van der Waals surface area contributed by atoms with Crippen LogP contribution in [0.3, 0.4) is 0 Å². The van der Waals surface area contributed by atoms with E-state index in [1.807, 2.05) is 18.2 Å². The number of ether oxygens (including phenoxy) is 1. The summed E-state index contributed by atoms with van der Waals surface area (Å²) in [6, 6.07) is 22.6. The molecule has 0 bridgehead atoms. The molecule has 3 rings (SSSR count). The van der Waals surface area contributed by atoms with Gasteiger partial charge in [0.2, 0.25) is 0 Å². The molecule has 0 aromatic heterocycles.